The Labute approximate surface area is 334 Å². The van der Waals surface area contributed by atoms with Gasteiger partial charge in [0.25, 0.3) is 5.56 Å². The van der Waals surface area contributed by atoms with Gasteiger partial charge in [0.05, 0.1) is 19.5 Å². The molecule has 2 bridgehead atoms. The molecule has 0 radical (unpaired) electrons. The molecule has 312 valence electrons. The number of ether oxygens (including phenoxy) is 2. The van der Waals surface area contributed by atoms with E-state index in [-0.39, 0.29) is 39.1 Å². The normalized spacial score (nSPS) is 32.9. The van der Waals surface area contributed by atoms with Gasteiger partial charge in [-0.1, -0.05) is 39.8 Å². The fourth-order valence-corrected chi connectivity index (χ4v) is 10.2. The van der Waals surface area contributed by atoms with Crippen LogP contribution in [0.25, 0.3) is 22.3 Å². The highest BCUT2D eigenvalue weighted by molar-refractivity contribution is 8.07. The molecule has 4 aromatic heterocycles. The van der Waals surface area contributed by atoms with Gasteiger partial charge in [-0.3, -0.25) is 33.5 Å². The minimum Gasteiger partial charge on any atom is -0.408 e. The molecule has 2 unspecified atom stereocenters. The molecule has 22 nitrogen and oxygen atoms in total. The summed E-state index contributed by atoms with van der Waals surface area (Å²) in [4.78, 5) is 67.9. The van der Waals surface area contributed by atoms with E-state index in [2.05, 4.69) is 40.5 Å². The minimum atomic E-state index is -4.36. The summed E-state index contributed by atoms with van der Waals surface area (Å²) >= 11 is 10.9. The number of hydrogen-bond donors (Lipinski definition) is 5. The number of carbonyl (C=O) groups is 1. The molecule has 0 aliphatic carbocycles. The number of carbonyl (C=O) groups excluding carboxylic acids is 1. The average molecular weight is 894 g/mol. The summed E-state index contributed by atoms with van der Waals surface area (Å²) in [6, 6.07) is 0. The van der Waals surface area contributed by atoms with E-state index in [1.165, 1.54) is 10.9 Å². The Bertz CT molecular complexity index is 2350. The van der Waals surface area contributed by atoms with Crippen LogP contribution in [0.2, 0.25) is 18.1 Å². The van der Waals surface area contributed by atoms with Gasteiger partial charge in [0.15, 0.2) is 55.1 Å². The Kier molecular flexibility index (Phi) is 11.4. The number of halogens is 1. The van der Waals surface area contributed by atoms with Crippen molar-refractivity contribution in [2.75, 3.05) is 24.3 Å². The van der Waals surface area contributed by atoms with Crippen LogP contribution in [0.4, 0.5) is 16.2 Å². The maximum atomic E-state index is 16.4. The van der Waals surface area contributed by atoms with Crippen molar-refractivity contribution in [2.24, 2.45) is 5.92 Å². The van der Waals surface area contributed by atoms with Gasteiger partial charge in [-0.25, -0.2) is 19.3 Å². The van der Waals surface area contributed by atoms with Gasteiger partial charge >= 0.3 is 13.4 Å². The predicted molar refractivity (Wildman–Crippen MR) is 209 cm³/mol. The zero-order chi connectivity index (χ0) is 41.4. The van der Waals surface area contributed by atoms with Crippen molar-refractivity contribution < 1.29 is 51.0 Å². The summed E-state index contributed by atoms with van der Waals surface area (Å²) in [5.41, 5.74) is 5.23. The number of nitrogens with one attached hydrogen (secondary N) is 2. The average Bonchev–Trinajstić information content (AvgIpc) is 3.87. The molecule has 7 rings (SSSR count). The molecule has 3 aliphatic rings. The molecule has 6 N–H and O–H groups in total. The summed E-state index contributed by atoms with van der Waals surface area (Å²) in [5.74, 6) is -0.997. The van der Waals surface area contributed by atoms with E-state index in [4.69, 9.17) is 61.3 Å². The van der Waals surface area contributed by atoms with E-state index in [0.717, 1.165) is 11.0 Å². The number of nitrogens with two attached hydrogens (primary N) is 1. The number of fused-ring (bicyclic) bond motifs is 5. The lowest BCUT2D eigenvalue weighted by molar-refractivity contribution is -0.118. The number of nitrogen functional groups attached to an aromatic ring is 1. The maximum absolute atomic E-state index is 16.4. The van der Waals surface area contributed by atoms with E-state index in [1.807, 2.05) is 33.9 Å². The molecule has 1 amide bonds. The van der Waals surface area contributed by atoms with Crippen LogP contribution in [0, 0.1) is 5.92 Å². The van der Waals surface area contributed by atoms with Gasteiger partial charge in [-0.2, -0.15) is 9.67 Å². The topological polar surface area (TPSA) is 280 Å². The smallest absolute Gasteiger partial charge is 0.325 e. The number of amides is 1. The summed E-state index contributed by atoms with van der Waals surface area (Å²) in [7, 11) is -2.73. The number of nitrogens with zero attached hydrogens (tertiary/aromatic N) is 8. The number of aromatic nitrogens is 9. The third-order valence-electron chi connectivity index (χ3n) is 10.1. The Balaban J connectivity index is 1.27. The molecule has 4 aromatic rings. The molecule has 3 fully saturated rings. The lowest BCUT2D eigenvalue weighted by Crippen LogP contribution is -2.50. The van der Waals surface area contributed by atoms with E-state index in [0.29, 0.717) is 0 Å². The van der Waals surface area contributed by atoms with Crippen molar-refractivity contribution >= 4 is 85.4 Å². The number of aromatic amines is 1. The Morgan fingerprint density at radius 1 is 1.05 bits per heavy atom. The fraction of sp³-hybridized carbons (Fsp3) is 0.655. The number of hydrogen-bond acceptors (Lipinski definition) is 18. The lowest BCUT2D eigenvalue weighted by Gasteiger charge is -2.40. The van der Waals surface area contributed by atoms with Crippen LogP contribution < -0.4 is 16.6 Å². The second-order valence-electron chi connectivity index (χ2n) is 15.4. The van der Waals surface area contributed by atoms with Crippen LogP contribution in [-0.2, 0) is 60.4 Å². The van der Waals surface area contributed by atoms with Crippen LogP contribution >= 0.6 is 13.4 Å². The summed E-state index contributed by atoms with van der Waals surface area (Å²) in [6.45, 7) is 3.49. The third kappa shape index (κ3) is 8.35. The molecular weight excluding hydrogens is 852 g/mol. The Hall–Kier alpha value is -2.81. The largest absolute Gasteiger partial charge is 0.408 e. The van der Waals surface area contributed by atoms with Crippen molar-refractivity contribution in [2.45, 2.75) is 102 Å². The van der Waals surface area contributed by atoms with Crippen molar-refractivity contribution in [1.82, 2.24) is 44.5 Å². The first-order chi connectivity index (χ1) is 26.6. The van der Waals surface area contributed by atoms with Crippen molar-refractivity contribution in [3.05, 3.63) is 23.0 Å². The van der Waals surface area contributed by atoms with E-state index < -0.39 is 102 Å². The highest BCUT2D eigenvalue weighted by Crippen LogP contribution is 2.55. The number of H-pyrrole nitrogens is 1. The summed E-state index contributed by atoms with van der Waals surface area (Å²) in [5, 5.41) is 10.1. The van der Waals surface area contributed by atoms with Gasteiger partial charge in [0.2, 0.25) is 11.9 Å². The monoisotopic (exact) mass is 893 g/mol. The van der Waals surface area contributed by atoms with E-state index in [1.54, 1.807) is 13.8 Å². The second-order valence-corrected chi connectivity index (χ2v) is 25.8. The number of rotatable bonds is 6. The maximum Gasteiger partial charge on any atom is 0.325 e. The van der Waals surface area contributed by atoms with Crippen molar-refractivity contribution in [3.8, 4) is 0 Å². The van der Waals surface area contributed by atoms with Crippen LogP contribution in [0.1, 0.15) is 47.1 Å². The second kappa shape index (κ2) is 15.3. The molecular formula is C29H42FN11O11P2S2Si. The first kappa shape index (κ1) is 42.3. The van der Waals surface area contributed by atoms with Gasteiger partial charge in [-0.15, -0.1) is 5.10 Å². The molecule has 0 saturated carbocycles. The van der Waals surface area contributed by atoms with Crippen LogP contribution in [0.15, 0.2) is 17.4 Å². The lowest BCUT2D eigenvalue weighted by atomic mass is 10.1. The minimum absolute atomic E-state index is 0.00484. The standard InChI is InChI=1S/C29H42FN11O11P2S2Si/c1-12(2)24(42)36-28-35-23-17(25(43)37-28)34-11-40(23)27-20-19(52-57(6,7)29(3,4)5)14(49-27)9-47-53(44,55)50-18-13(8-46-54(45,56)51-20)48-26(15(18)30)41-22-16(38-39-41)21(31)32-10-33-22/h10-15,18-20,26-27H,8-9H2,1-7H3,(H,44,55)(H,45,56)(H2,31,32,33)(H2,35,36,37,42,43)/t13-,14-,15+,18-,19-,20+,26-,27-,53?,54?/m1/s1. The zero-order valence-electron chi connectivity index (χ0n) is 31.6. The van der Waals surface area contributed by atoms with E-state index in [9.17, 15) is 19.4 Å². The number of imidazole rings is 1. The Morgan fingerprint density at radius 3 is 2.37 bits per heavy atom. The van der Waals surface area contributed by atoms with Gasteiger partial charge in [0, 0.05) is 5.92 Å². The Morgan fingerprint density at radius 2 is 1.70 bits per heavy atom. The molecule has 3 saturated heterocycles. The van der Waals surface area contributed by atoms with Crippen LogP contribution in [0.3, 0.4) is 0 Å². The first-order valence-electron chi connectivity index (χ1n) is 17.6. The molecule has 10 atom stereocenters. The molecule has 28 heteroatoms. The fourth-order valence-electron chi connectivity index (χ4n) is 6.08. The first-order valence-corrected chi connectivity index (χ1v) is 25.7. The molecule has 7 heterocycles. The van der Waals surface area contributed by atoms with Gasteiger partial charge in [0.1, 0.15) is 36.8 Å². The highest BCUT2D eigenvalue weighted by Gasteiger charge is 2.56. The van der Waals surface area contributed by atoms with Gasteiger partial charge < -0.3 is 38.5 Å². The summed E-state index contributed by atoms with van der Waals surface area (Å²) < 4.78 is 61.8. The van der Waals surface area contributed by atoms with Crippen molar-refractivity contribution in [3.63, 3.8) is 0 Å². The highest BCUT2D eigenvalue weighted by atomic mass is 32.5. The SMILES string of the molecule is CC(C)C(=O)Nc1nc2c(ncn2[C@@H]2O[C@@H]3COP(O)(=S)O[C@H]4[C@H](F)[C@H](n5nnc6c(N)ncnc65)O[C@@H]4COP(O)(=S)O[C@H]2[C@@H]3O[Si](C)(C)C(C)(C)C)c(=O)[nH]1. The predicted octanol–water partition coefficient (Wildman–Crippen LogP) is 2.31. The number of anilines is 2. The molecule has 0 aromatic carbocycles. The van der Waals surface area contributed by atoms with Gasteiger partial charge in [-0.05, 0) is 41.7 Å². The number of alkyl halides is 1. The van der Waals surface area contributed by atoms with Crippen LogP contribution in [0.5, 0.6) is 0 Å². The van der Waals surface area contributed by atoms with Crippen molar-refractivity contribution in [1.29, 1.82) is 0 Å². The molecule has 3 aliphatic heterocycles. The third-order valence-corrected chi connectivity index (χ3v) is 17.7. The summed E-state index contributed by atoms with van der Waals surface area (Å²) in [6.07, 6.45) is -9.05. The molecule has 0 spiro atoms. The van der Waals surface area contributed by atoms with Crippen LogP contribution in [-0.4, -0.2) is 118 Å². The van der Waals surface area contributed by atoms with E-state index >= 15 is 4.39 Å². The quantitative estimate of drug-likeness (QED) is 0.137. The zero-order valence-corrected chi connectivity index (χ0v) is 36.0. The molecule has 57 heavy (non-hydrogen) atoms.